The van der Waals surface area contributed by atoms with Crippen LogP contribution in [0.1, 0.15) is 44.8 Å². The average Bonchev–Trinajstić information content (AvgIpc) is 2.72. The number of hydrogen-bond acceptors (Lipinski definition) is 2. The molecule has 1 aromatic heterocycles. The van der Waals surface area contributed by atoms with Crippen molar-refractivity contribution < 1.29 is 4.79 Å². The van der Waals surface area contributed by atoms with Crippen molar-refractivity contribution in [1.29, 1.82) is 0 Å². The Bertz CT molecular complexity index is 334. The first kappa shape index (κ1) is 13.4. The van der Waals surface area contributed by atoms with E-state index in [1.807, 2.05) is 16.9 Å². The molecule has 0 amide bonds. The fraction of sp³-hybridized carbons (Fsp3) is 0.667. The molecule has 90 valence electrons. The molecule has 0 N–H and O–H groups in total. The van der Waals surface area contributed by atoms with Crippen LogP contribution in [0.25, 0.3) is 0 Å². The van der Waals surface area contributed by atoms with E-state index in [4.69, 9.17) is 0 Å². The van der Waals surface area contributed by atoms with E-state index in [2.05, 4.69) is 34.9 Å². The van der Waals surface area contributed by atoms with Gasteiger partial charge in [0, 0.05) is 30.4 Å². The van der Waals surface area contributed by atoms with Gasteiger partial charge in [0.2, 0.25) is 0 Å². The Morgan fingerprint density at radius 1 is 1.50 bits per heavy atom. The summed E-state index contributed by atoms with van der Waals surface area (Å²) < 4.78 is 1.93. The smallest absolute Gasteiger partial charge is 0.133 e. The summed E-state index contributed by atoms with van der Waals surface area (Å²) in [5.74, 6) is 0.332. The molecule has 0 unspecified atom stereocenters. The van der Waals surface area contributed by atoms with Crippen LogP contribution in [0.3, 0.4) is 0 Å². The second kappa shape index (κ2) is 6.84. The van der Waals surface area contributed by atoms with Gasteiger partial charge < -0.3 is 0 Å². The summed E-state index contributed by atoms with van der Waals surface area (Å²) in [6, 6.07) is 2.38. The van der Waals surface area contributed by atoms with Gasteiger partial charge in [0.1, 0.15) is 5.78 Å². The highest BCUT2D eigenvalue weighted by Crippen LogP contribution is 2.07. The van der Waals surface area contributed by atoms with Gasteiger partial charge in [-0.05, 0) is 32.8 Å². The van der Waals surface area contributed by atoms with Crippen molar-refractivity contribution in [3.63, 3.8) is 0 Å². The van der Waals surface area contributed by atoms with E-state index in [0.717, 1.165) is 23.9 Å². The van der Waals surface area contributed by atoms with Crippen LogP contribution in [0.2, 0.25) is 0 Å². The van der Waals surface area contributed by atoms with Crippen LogP contribution >= 0.6 is 15.9 Å². The standard InChI is InChI=1S/C12H19BrN2O/c1-10(2)15-9-7-11(14-15)5-6-12(16)4-3-8-13/h7,9-10H,3-6,8H2,1-2H3. The highest BCUT2D eigenvalue weighted by Gasteiger charge is 2.05. The van der Waals surface area contributed by atoms with Crippen molar-refractivity contribution in [1.82, 2.24) is 9.78 Å². The van der Waals surface area contributed by atoms with Gasteiger partial charge in [-0.25, -0.2) is 0 Å². The average molecular weight is 287 g/mol. The molecule has 0 saturated carbocycles. The normalized spacial score (nSPS) is 11.0. The number of Topliss-reactive ketones (excluding diaryl/α,β-unsaturated/α-hetero) is 1. The van der Waals surface area contributed by atoms with Crippen molar-refractivity contribution in [2.75, 3.05) is 5.33 Å². The van der Waals surface area contributed by atoms with Gasteiger partial charge in [-0.15, -0.1) is 0 Å². The van der Waals surface area contributed by atoms with Crippen LogP contribution in [0.4, 0.5) is 0 Å². The van der Waals surface area contributed by atoms with Gasteiger partial charge in [0.05, 0.1) is 5.69 Å². The van der Waals surface area contributed by atoms with Crippen LogP contribution in [0.5, 0.6) is 0 Å². The fourth-order valence-corrected chi connectivity index (χ4v) is 1.74. The number of hydrogen-bond donors (Lipinski definition) is 0. The Hall–Kier alpha value is -0.640. The predicted octanol–water partition coefficient (Wildman–Crippen LogP) is 3.14. The van der Waals surface area contributed by atoms with Gasteiger partial charge in [-0.3, -0.25) is 9.48 Å². The lowest BCUT2D eigenvalue weighted by molar-refractivity contribution is -0.119. The zero-order chi connectivity index (χ0) is 12.0. The summed E-state index contributed by atoms with van der Waals surface area (Å²) in [4.78, 5) is 11.5. The van der Waals surface area contributed by atoms with Crippen LogP contribution in [0, 0.1) is 0 Å². The van der Waals surface area contributed by atoms with Crippen molar-refractivity contribution in [3.8, 4) is 0 Å². The Balaban J connectivity index is 2.33. The lowest BCUT2D eigenvalue weighted by atomic mass is 10.1. The zero-order valence-electron chi connectivity index (χ0n) is 9.95. The van der Waals surface area contributed by atoms with E-state index in [9.17, 15) is 4.79 Å². The molecule has 1 heterocycles. The Morgan fingerprint density at radius 2 is 2.25 bits per heavy atom. The van der Waals surface area contributed by atoms with Gasteiger partial charge in [-0.2, -0.15) is 5.10 Å². The van der Waals surface area contributed by atoms with Crippen molar-refractivity contribution in [2.24, 2.45) is 0 Å². The number of alkyl halides is 1. The zero-order valence-corrected chi connectivity index (χ0v) is 11.5. The molecule has 0 spiro atoms. The number of aromatic nitrogens is 2. The van der Waals surface area contributed by atoms with Crippen LogP contribution in [0.15, 0.2) is 12.3 Å². The highest BCUT2D eigenvalue weighted by atomic mass is 79.9. The summed E-state index contributed by atoms with van der Waals surface area (Å²) >= 11 is 3.33. The Labute approximate surface area is 105 Å². The maximum Gasteiger partial charge on any atom is 0.133 e. The Morgan fingerprint density at radius 3 is 2.81 bits per heavy atom. The summed E-state index contributed by atoms with van der Waals surface area (Å²) in [7, 11) is 0. The molecule has 0 fully saturated rings. The predicted molar refractivity (Wildman–Crippen MR) is 69.0 cm³/mol. The van der Waals surface area contributed by atoms with Gasteiger partial charge in [-0.1, -0.05) is 15.9 Å². The quantitative estimate of drug-likeness (QED) is 0.722. The van der Waals surface area contributed by atoms with E-state index in [1.165, 1.54) is 0 Å². The summed E-state index contributed by atoms with van der Waals surface area (Å²) in [5.41, 5.74) is 1.01. The number of aryl methyl sites for hydroxylation is 1. The van der Waals surface area contributed by atoms with E-state index >= 15 is 0 Å². The third-order valence-corrected chi connectivity index (χ3v) is 3.00. The fourth-order valence-electron chi connectivity index (χ4n) is 1.45. The lowest BCUT2D eigenvalue weighted by Crippen LogP contribution is -2.04. The molecule has 0 bridgehead atoms. The first-order valence-electron chi connectivity index (χ1n) is 5.75. The minimum absolute atomic E-state index is 0.332. The van der Waals surface area contributed by atoms with Crippen molar-refractivity contribution in [2.45, 2.75) is 45.6 Å². The summed E-state index contributed by atoms with van der Waals surface area (Å²) in [6.45, 7) is 4.19. The third-order valence-electron chi connectivity index (χ3n) is 2.44. The van der Waals surface area contributed by atoms with Crippen LogP contribution in [-0.2, 0) is 11.2 Å². The molecule has 0 aliphatic carbocycles. The Kier molecular flexibility index (Phi) is 5.74. The van der Waals surface area contributed by atoms with Gasteiger partial charge in [0.25, 0.3) is 0 Å². The summed E-state index contributed by atoms with van der Waals surface area (Å²) in [5, 5.41) is 5.32. The van der Waals surface area contributed by atoms with E-state index in [-0.39, 0.29) is 0 Å². The molecule has 1 rings (SSSR count). The maximum absolute atomic E-state index is 11.5. The minimum atomic E-state index is 0.332. The molecule has 1 aromatic rings. The molecule has 16 heavy (non-hydrogen) atoms. The van der Waals surface area contributed by atoms with Crippen LogP contribution < -0.4 is 0 Å². The van der Waals surface area contributed by atoms with E-state index in [0.29, 0.717) is 24.7 Å². The monoisotopic (exact) mass is 286 g/mol. The van der Waals surface area contributed by atoms with Crippen molar-refractivity contribution in [3.05, 3.63) is 18.0 Å². The number of halogens is 1. The minimum Gasteiger partial charge on any atom is -0.300 e. The molecule has 0 saturated heterocycles. The molecule has 0 radical (unpaired) electrons. The third kappa shape index (κ3) is 4.47. The van der Waals surface area contributed by atoms with Gasteiger partial charge in [0.15, 0.2) is 0 Å². The topological polar surface area (TPSA) is 34.9 Å². The first-order chi connectivity index (χ1) is 7.63. The molecule has 3 nitrogen and oxygen atoms in total. The largest absolute Gasteiger partial charge is 0.300 e. The second-order valence-electron chi connectivity index (χ2n) is 4.21. The second-order valence-corrected chi connectivity index (χ2v) is 5.01. The molecular formula is C12H19BrN2O. The lowest BCUT2D eigenvalue weighted by Gasteiger charge is -2.03. The molecular weight excluding hydrogens is 268 g/mol. The molecule has 0 aliphatic heterocycles. The highest BCUT2D eigenvalue weighted by molar-refractivity contribution is 9.09. The number of ketones is 1. The SMILES string of the molecule is CC(C)n1ccc(CCC(=O)CCCBr)n1. The molecule has 0 aliphatic rings. The van der Waals surface area contributed by atoms with Crippen LogP contribution in [-0.4, -0.2) is 20.9 Å². The van der Waals surface area contributed by atoms with Crippen molar-refractivity contribution >= 4 is 21.7 Å². The van der Waals surface area contributed by atoms with Gasteiger partial charge >= 0.3 is 0 Å². The maximum atomic E-state index is 11.5. The molecule has 0 atom stereocenters. The van der Waals surface area contributed by atoms with E-state index < -0.39 is 0 Å². The molecule has 4 heteroatoms. The van der Waals surface area contributed by atoms with E-state index in [1.54, 1.807) is 0 Å². The number of carbonyl (C=O) groups excluding carboxylic acids is 1. The first-order valence-corrected chi connectivity index (χ1v) is 6.87. The number of nitrogens with zero attached hydrogens (tertiary/aromatic N) is 2. The molecule has 0 aromatic carbocycles. The number of rotatable bonds is 7. The number of carbonyl (C=O) groups is 1. The summed E-state index contributed by atoms with van der Waals surface area (Å²) in [6.07, 6.45) is 4.96.